The summed E-state index contributed by atoms with van der Waals surface area (Å²) in [5.74, 6) is 1.13. The molecule has 1 aliphatic carbocycles. The molecule has 20 heavy (non-hydrogen) atoms. The van der Waals surface area contributed by atoms with Gasteiger partial charge in [-0.15, -0.1) is 0 Å². The largest absolute Gasteiger partial charge is 0.492 e. The number of benzene rings is 2. The third-order valence-corrected chi connectivity index (χ3v) is 3.54. The Morgan fingerprint density at radius 3 is 2.65 bits per heavy atom. The summed E-state index contributed by atoms with van der Waals surface area (Å²) >= 11 is 0. The van der Waals surface area contributed by atoms with E-state index in [1.54, 1.807) is 6.07 Å². The van der Waals surface area contributed by atoms with Crippen LogP contribution in [0, 0.1) is 5.92 Å². The molecule has 0 amide bonds. The van der Waals surface area contributed by atoms with Gasteiger partial charge in [0.15, 0.2) is 6.79 Å². The van der Waals surface area contributed by atoms with Crippen LogP contribution in [-0.2, 0) is 4.74 Å². The Bertz CT molecular complexity index is 595. The van der Waals surface area contributed by atoms with Crippen molar-refractivity contribution in [2.24, 2.45) is 5.92 Å². The molecule has 2 aromatic rings. The third kappa shape index (κ3) is 2.95. The Morgan fingerprint density at radius 1 is 1.10 bits per heavy atom. The smallest absolute Gasteiger partial charge is 0.468 e. The lowest BCUT2D eigenvalue weighted by Crippen LogP contribution is -2.32. The van der Waals surface area contributed by atoms with Gasteiger partial charge in [-0.2, -0.15) is 0 Å². The summed E-state index contributed by atoms with van der Waals surface area (Å²) in [5.41, 5.74) is 0.387. The van der Waals surface area contributed by atoms with E-state index < -0.39 is 7.12 Å². The van der Waals surface area contributed by atoms with Gasteiger partial charge in [-0.1, -0.05) is 30.3 Å². The number of rotatable bonds is 6. The molecule has 0 atom stereocenters. The summed E-state index contributed by atoms with van der Waals surface area (Å²) < 4.78 is 11.0. The summed E-state index contributed by atoms with van der Waals surface area (Å²) in [7, 11) is -1.57. The van der Waals surface area contributed by atoms with Crippen molar-refractivity contribution in [2.75, 3.05) is 13.4 Å². The minimum atomic E-state index is -1.57. The fourth-order valence-electron chi connectivity index (χ4n) is 2.27. The highest BCUT2D eigenvalue weighted by molar-refractivity contribution is 6.63. The minimum Gasteiger partial charge on any atom is -0.468 e. The van der Waals surface area contributed by atoms with Gasteiger partial charge in [0, 0.05) is 5.46 Å². The predicted molar refractivity (Wildman–Crippen MR) is 77.9 cm³/mol. The summed E-state index contributed by atoms with van der Waals surface area (Å²) in [5, 5.41) is 20.9. The van der Waals surface area contributed by atoms with Crippen molar-refractivity contribution >= 4 is 23.4 Å². The van der Waals surface area contributed by atoms with Crippen LogP contribution >= 0.6 is 0 Å². The standard InChI is InChI=1S/C15H17BO4/c17-16(18)15-13-4-2-1-3-12(13)7-8-14(15)20-10-19-9-11-5-6-11/h1-4,7-8,11,17-18H,5-6,9-10H2. The first-order valence-corrected chi connectivity index (χ1v) is 6.84. The normalized spacial score (nSPS) is 14.5. The van der Waals surface area contributed by atoms with E-state index in [0.29, 0.717) is 23.7 Å². The van der Waals surface area contributed by atoms with E-state index in [-0.39, 0.29) is 6.79 Å². The lowest BCUT2D eigenvalue weighted by atomic mass is 9.76. The van der Waals surface area contributed by atoms with Gasteiger partial charge in [0.1, 0.15) is 5.75 Å². The zero-order chi connectivity index (χ0) is 13.9. The highest BCUT2D eigenvalue weighted by atomic mass is 16.7. The molecule has 0 aromatic heterocycles. The van der Waals surface area contributed by atoms with Gasteiger partial charge in [-0.05, 0) is 35.6 Å². The Labute approximate surface area is 118 Å². The Kier molecular flexibility index (Phi) is 3.92. The van der Waals surface area contributed by atoms with Gasteiger partial charge in [0.05, 0.1) is 6.61 Å². The van der Waals surface area contributed by atoms with Crippen LogP contribution in [0.2, 0.25) is 0 Å². The lowest BCUT2D eigenvalue weighted by Gasteiger charge is -2.13. The van der Waals surface area contributed by atoms with E-state index in [9.17, 15) is 10.0 Å². The third-order valence-electron chi connectivity index (χ3n) is 3.54. The predicted octanol–water partition coefficient (Wildman–Crippen LogP) is 1.28. The molecule has 1 fully saturated rings. The van der Waals surface area contributed by atoms with Gasteiger partial charge < -0.3 is 19.5 Å². The van der Waals surface area contributed by atoms with Crippen LogP contribution in [-0.4, -0.2) is 30.6 Å². The van der Waals surface area contributed by atoms with Gasteiger partial charge in [0.25, 0.3) is 0 Å². The summed E-state index contributed by atoms with van der Waals surface area (Å²) in [4.78, 5) is 0. The first kappa shape index (κ1) is 13.4. The van der Waals surface area contributed by atoms with Crippen LogP contribution in [0.4, 0.5) is 0 Å². The number of fused-ring (bicyclic) bond motifs is 1. The highest BCUT2D eigenvalue weighted by Crippen LogP contribution is 2.28. The zero-order valence-electron chi connectivity index (χ0n) is 11.2. The average molecular weight is 272 g/mol. The Morgan fingerprint density at radius 2 is 1.90 bits per heavy atom. The zero-order valence-corrected chi connectivity index (χ0v) is 11.2. The van der Waals surface area contributed by atoms with Crippen molar-refractivity contribution in [1.29, 1.82) is 0 Å². The minimum absolute atomic E-state index is 0.133. The highest BCUT2D eigenvalue weighted by Gasteiger charge is 2.22. The maximum atomic E-state index is 9.59. The quantitative estimate of drug-likeness (QED) is 0.472. The molecule has 0 unspecified atom stereocenters. The maximum Gasteiger partial charge on any atom is 0.492 e. The summed E-state index contributed by atoms with van der Waals surface area (Å²) in [6.07, 6.45) is 2.47. The molecule has 1 aliphatic rings. The van der Waals surface area contributed by atoms with Gasteiger partial charge >= 0.3 is 7.12 Å². The molecular weight excluding hydrogens is 255 g/mol. The first-order chi connectivity index (χ1) is 9.75. The molecule has 0 heterocycles. The average Bonchev–Trinajstić information content (AvgIpc) is 3.27. The van der Waals surface area contributed by atoms with Crippen molar-refractivity contribution in [3.8, 4) is 5.75 Å². The van der Waals surface area contributed by atoms with Crippen molar-refractivity contribution in [3.05, 3.63) is 36.4 Å². The van der Waals surface area contributed by atoms with E-state index in [2.05, 4.69) is 0 Å². The molecule has 4 nitrogen and oxygen atoms in total. The Balaban J connectivity index is 1.79. The van der Waals surface area contributed by atoms with E-state index >= 15 is 0 Å². The van der Waals surface area contributed by atoms with E-state index in [4.69, 9.17) is 9.47 Å². The molecule has 2 aromatic carbocycles. The van der Waals surface area contributed by atoms with Crippen molar-refractivity contribution in [3.63, 3.8) is 0 Å². The molecule has 3 rings (SSSR count). The number of ether oxygens (including phenoxy) is 2. The monoisotopic (exact) mass is 272 g/mol. The molecule has 0 aliphatic heterocycles. The number of hydrogen-bond acceptors (Lipinski definition) is 4. The SMILES string of the molecule is OB(O)c1c(OCOCC2CC2)ccc2ccccc12. The molecular formula is C15H17BO4. The van der Waals surface area contributed by atoms with Crippen LogP contribution in [0.25, 0.3) is 10.8 Å². The first-order valence-electron chi connectivity index (χ1n) is 6.84. The molecule has 0 bridgehead atoms. The molecule has 1 saturated carbocycles. The lowest BCUT2D eigenvalue weighted by molar-refractivity contribution is 0.0105. The Hall–Kier alpha value is -1.56. The molecule has 0 spiro atoms. The second kappa shape index (κ2) is 5.83. The van der Waals surface area contributed by atoms with Gasteiger partial charge in [-0.25, -0.2) is 0 Å². The van der Waals surface area contributed by atoms with E-state index in [1.165, 1.54) is 12.8 Å². The van der Waals surface area contributed by atoms with Crippen LogP contribution in [0.5, 0.6) is 5.75 Å². The molecule has 0 saturated heterocycles. The van der Waals surface area contributed by atoms with Gasteiger partial charge in [0.2, 0.25) is 0 Å². The van der Waals surface area contributed by atoms with Crippen LogP contribution in [0.15, 0.2) is 36.4 Å². The van der Waals surface area contributed by atoms with Crippen molar-refractivity contribution < 1.29 is 19.5 Å². The van der Waals surface area contributed by atoms with Crippen molar-refractivity contribution in [2.45, 2.75) is 12.8 Å². The molecule has 2 N–H and O–H groups in total. The maximum absolute atomic E-state index is 9.59. The topological polar surface area (TPSA) is 58.9 Å². The van der Waals surface area contributed by atoms with Crippen LogP contribution in [0.3, 0.4) is 0 Å². The van der Waals surface area contributed by atoms with E-state index in [0.717, 1.165) is 10.8 Å². The van der Waals surface area contributed by atoms with Crippen LogP contribution < -0.4 is 10.2 Å². The summed E-state index contributed by atoms with van der Waals surface area (Å²) in [6.45, 7) is 0.846. The fourth-order valence-corrected chi connectivity index (χ4v) is 2.27. The van der Waals surface area contributed by atoms with Crippen molar-refractivity contribution in [1.82, 2.24) is 0 Å². The molecule has 5 heteroatoms. The van der Waals surface area contributed by atoms with Crippen LogP contribution in [0.1, 0.15) is 12.8 Å². The van der Waals surface area contributed by atoms with Gasteiger partial charge in [-0.3, -0.25) is 0 Å². The summed E-state index contributed by atoms with van der Waals surface area (Å²) in [6, 6.07) is 11.2. The molecule has 0 radical (unpaired) electrons. The molecule has 104 valence electrons. The second-order valence-corrected chi connectivity index (χ2v) is 5.15. The number of hydrogen-bond donors (Lipinski definition) is 2. The van der Waals surface area contributed by atoms with E-state index in [1.807, 2.05) is 30.3 Å². The second-order valence-electron chi connectivity index (χ2n) is 5.15. The fraction of sp³-hybridized carbons (Fsp3) is 0.333.